The number of amides is 6. The minimum absolute atomic E-state index is 0.00825. The van der Waals surface area contributed by atoms with Gasteiger partial charge in [0.2, 0.25) is 35.3 Å². The summed E-state index contributed by atoms with van der Waals surface area (Å²) in [5.74, 6) is -6.42. The van der Waals surface area contributed by atoms with Crippen LogP contribution >= 0.6 is 23.5 Å². The van der Waals surface area contributed by atoms with E-state index in [2.05, 4.69) is 21.3 Å². The number of carbonyl (C=O) groups is 7. The molecule has 316 valence electrons. The predicted octanol–water partition coefficient (Wildman–Crippen LogP) is 3.65. The second-order valence-electron chi connectivity index (χ2n) is 15.5. The number of alkyl carbamates (subject to hydrolysis) is 1. The van der Waals surface area contributed by atoms with Crippen LogP contribution in [0.1, 0.15) is 83.7 Å². The molecule has 1 saturated carbocycles. The number of hydrogen-bond acceptors (Lipinski definition) is 10. The molecule has 1 aliphatic carbocycles. The Labute approximate surface area is 341 Å². The van der Waals surface area contributed by atoms with Crippen molar-refractivity contribution >= 4 is 64.9 Å². The Kier molecular flexibility index (Phi) is 16.6. The Morgan fingerprint density at radius 3 is 2.21 bits per heavy atom. The first-order valence-electron chi connectivity index (χ1n) is 19.5. The van der Waals surface area contributed by atoms with Gasteiger partial charge >= 0.3 is 6.09 Å². The summed E-state index contributed by atoms with van der Waals surface area (Å²) in [5, 5.41) is 10.2. The Morgan fingerprint density at radius 2 is 1.61 bits per heavy atom. The molecule has 0 radical (unpaired) electrons. The highest BCUT2D eigenvalue weighted by Crippen LogP contribution is 2.51. The monoisotopic (exact) mass is 838 g/mol. The third-order valence-corrected chi connectivity index (χ3v) is 13.5. The van der Waals surface area contributed by atoms with Crippen LogP contribution in [0.2, 0.25) is 0 Å². The van der Waals surface area contributed by atoms with E-state index in [4.69, 9.17) is 4.74 Å². The molecule has 57 heavy (non-hydrogen) atoms. The van der Waals surface area contributed by atoms with Gasteiger partial charge in [0.05, 0.1) is 23.3 Å². The number of Topliss-reactive ketones (excluding diaryl/α,β-unsaturated/α-hetero) is 1. The number of likely N-dealkylation sites (tertiary alicyclic amines) is 1. The lowest BCUT2D eigenvalue weighted by atomic mass is 9.81. The van der Waals surface area contributed by atoms with E-state index < -0.39 is 101 Å². The van der Waals surface area contributed by atoms with Crippen molar-refractivity contribution in [2.75, 3.05) is 45.3 Å². The van der Waals surface area contributed by atoms with Gasteiger partial charge in [0.25, 0.3) is 5.91 Å². The number of rotatable bonds is 16. The van der Waals surface area contributed by atoms with Crippen molar-refractivity contribution in [1.82, 2.24) is 31.1 Å². The van der Waals surface area contributed by atoms with Crippen LogP contribution in [-0.4, -0.2) is 125 Å². The molecule has 18 heteroatoms. The highest BCUT2D eigenvalue weighted by Gasteiger charge is 2.53. The van der Waals surface area contributed by atoms with E-state index in [0.29, 0.717) is 12.0 Å². The summed E-state index contributed by atoms with van der Waals surface area (Å²) < 4.78 is 33.2. The molecule has 2 aliphatic heterocycles. The first kappa shape index (κ1) is 45.8. The molecule has 6 amide bonds. The molecule has 1 aromatic carbocycles. The van der Waals surface area contributed by atoms with Gasteiger partial charge in [0.1, 0.15) is 18.1 Å². The Hall–Kier alpha value is -3.93. The van der Waals surface area contributed by atoms with Gasteiger partial charge in [-0.1, -0.05) is 57.5 Å². The molecule has 0 bridgehead atoms. The van der Waals surface area contributed by atoms with Crippen molar-refractivity contribution < 1.29 is 47.1 Å². The van der Waals surface area contributed by atoms with E-state index in [0.717, 1.165) is 17.9 Å². The molecule has 2 heterocycles. The zero-order valence-electron chi connectivity index (χ0n) is 33.3. The Morgan fingerprint density at radius 1 is 0.965 bits per heavy atom. The molecule has 1 aromatic rings. The number of halogens is 2. The van der Waals surface area contributed by atoms with Gasteiger partial charge in [0.15, 0.2) is 0 Å². The van der Waals surface area contributed by atoms with Crippen LogP contribution in [0.3, 0.4) is 0 Å². The molecule has 14 nitrogen and oxygen atoms in total. The highest BCUT2D eigenvalue weighted by molar-refractivity contribution is 8.18. The van der Waals surface area contributed by atoms with Gasteiger partial charge in [-0.25, -0.2) is 13.6 Å². The summed E-state index contributed by atoms with van der Waals surface area (Å²) in [6, 6.07) is 3.89. The van der Waals surface area contributed by atoms with Crippen LogP contribution in [0.15, 0.2) is 30.3 Å². The number of carbonyl (C=O) groups excluding carboxylic acids is 7. The highest BCUT2D eigenvalue weighted by atomic mass is 32.2. The van der Waals surface area contributed by atoms with Crippen LogP contribution < -0.4 is 21.3 Å². The molecule has 3 aliphatic rings. The van der Waals surface area contributed by atoms with Gasteiger partial charge in [-0.2, -0.15) is 0 Å². The molecule has 4 rings (SSSR count). The second kappa shape index (κ2) is 20.7. The van der Waals surface area contributed by atoms with E-state index >= 15 is 0 Å². The molecular formula is C39H56F2N6O8S2. The molecule has 2 saturated heterocycles. The van der Waals surface area contributed by atoms with Crippen LogP contribution in [0, 0.1) is 11.8 Å². The van der Waals surface area contributed by atoms with E-state index in [1.807, 2.05) is 13.8 Å². The smallest absolute Gasteiger partial charge is 0.407 e. The number of nitrogens with one attached hydrogen (secondary N) is 4. The fourth-order valence-corrected chi connectivity index (χ4v) is 10.5. The number of hydrogen-bond donors (Lipinski definition) is 4. The quantitative estimate of drug-likeness (QED) is 0.180. The van der Waals surface area contributed by atoms with Crippen molar-refractivity contribution in [2.24, 2.45) is 11.8 Å². The second-order valence-corrected chi connectivity index (χ2v) is 18.7. The molecule has 2 unspecified atom stereocenters. The maximum atomic E-state index is 14.5. The van der Waals surface area contributed by atoms with E-state index in [9.17, 15) is 42.3 Å². The van der Waals surface area contributed by atoms with E-state index in [1.54, 1.807) is 74.9 Å². The first-order valence-corrected chi connectivity index (χ1v) is 21.5. The lowest BCUT2D eigenvalue weighted by Crippen LogP contribution is -2.58. The molecule has 4 N–H and O–H groups in total. The number of ether oxygens (including phenoxy) is 1. The number of ketones is 1. The van der Waals surface area contributed by atoms with Gasteiger partial charge in [-0.05, 0) is 54.6 Å². The number of nitrogens with zero attached hydrogens (tertiary/aromatic N) is 2. The van der Waals surface area contributed by atoms with Crippen molar-refractivity contribution in [1.29, 1.82) is 0 Å². The summed E-state index contributed by atoms with van der Waals surface area (Å²) in [4.78, 5) is 96.8. The topological polar surface area (TPSA) is 183 Å². The summed E-state index contributed by atoms with van der Waals surface area (Å²) >= 11 is 3.26. The van der Waals surface area contributed by atoms with Crippen LogP contribution in [0.5, 0.6) is 0 Å². The summed E-state index contributed by atoms with van der Waals surface area (Å²) in [7, 11) is 3.09. The van der Waals surface area contributed by atoms with E-state index in [-0.39, 0.29) is 44.8 Å². The minimum atomic E-state index is -2.88. The predicted molar refractivity (Wildman–Crippen MR) is 213 cm³/mol. The van der Waals surface area contributed by atoms with Gasteiger partial charge in [-0.15, -0.1) is 23.5 Å². The molecule has 4 atom stereocenters. The third kappa shape index (κ3) is 12.8. The van der Waals surface area contributed by atoms with Gasteiger partial charge < -0.3 is 35.8 Å². The van der Waals surface area contributed by atoms with Crippen molar-refractivity contribution in [3.63, 3.8) is 0 Å². The Bertz CT molecular complexity index is 1600. The van der Waals surface area contributed by atoms with Crippen molar-refractivity contribution in [2.45, 2.75) is 106 Å². The summed E-state index contributed by atoms with van der Waals surface area (Å²) in [6.45, 7) is 5.06. The molecular weight excluding hydrogens is 783 g/mol. The SMILES string of the molecule is CCCC(NC(=O)[C@@H]1CC2(CN1C(=O)[C@@H](NC(=O)OCC(C)C)C1CCC(F)(F)CC1)SCCCS2)C(=O)C(=O)NCC(=O)NC(C(=O)N(C)C)c1ccccc1. The van der Waals surface area contributed by atoms with Crippen LogP contribution in [0.25, 0.3) is 0 Å². The fraction of sp³-hybridized carbons (Fsp3) is 0.667. The third-order valence-electron chi connectivity index (χ3n) is 10.2. The molecule has 3 fully saturated rings. The molecule has 0 aromatic heterocycles. The zero-order chi connectivity index (χ0) is 41.9. The van der Waals surface area contributed by atoms with E-state index in [1.165, 1.54) is 9.80 Å². The number of likely N-dealkylation sites (N-methyl/N-ethyl adjacent to an activating group) is 1. The number of alkyl halides is 2. The summed E-state index contributed by atoms with van der Waals surface area (Å²) in [6.07, 6.45) is -0.164. The fourth-order valence-electron chi connectivity index (χ4n) is 7.13. The number of benzene rings is 1. The average molecular weight is 839 g/mol. The number of thioether (sulfide) groups is 2. The lowest BCUT2D eigenvalue weighted by Gasteiger charge is -2.37. The normalized spacial score (nSPS) is 20.5. The van der Waals surface area contributed by atoms with Crippen LogP contribution in [-0.2, 0) is 33.5 Å². The van der Waals surface area contributed by atoms with Gasteiger partial charge in [-0.3, -0.25) is 28.8 Å². The van der Waals surface area contributed by atoms with Crippen LogP contribution in [0.4, 0.5) is 13.6 Å². The average Bonchev–Trinajstić information content (AvgIpc) is 3.55. The van der Waals surface area contributed by atoms with Gasteiger partial charge in [0, 0.05) is 39.9 Å². The largest absolute Gasteiger partial charge is 0.449 e. The lowest BCUT2D eigenvalue weighted by molar-refractivity contribution is -0.144. The molecule has 1 spiro atoms. The minimum Gasteiger partial charge on any atom is -0.449 e. The van der Waals surface area contributed by atoms with Crippen molar-refractivity contribution in [3.05, 3.63) is 35.9 Å². The maximum Gasteiger partial charge on any atom is 0.407 e. The Balaban J connectivity index is 1.49. The van der Waals surface area contributed by atoms with Crippen molar-refractivity contribution in [3.8, 4) is 0 Å². The zero-order valence-corrected chi connectivity index (χ0v) is 34.9. The summed E-state index contributed by atoms with van der Waals surface area (Å²) in [5.41, 5.74) is 0.525. The standard InChI is InChI=1S/C39H56F2N6O8S2/c1-6-11-27(32(49)34(51)42-21-29(48)44-30(35(52)46(4)5)25-12-8-7-9-13-25)43-33(50)28-20-39(56-18-10-19-57-39)23-47(28)36(53)31(45-37(54)55-22-24(2)3)26-14-16-38(40,41)17-15-26/h7-9,12-13,24,26-28,30-31H,6,10-11,14-23H2,1-5H3,(H,42,51)(H,43,50)(H,44,48)(H,45,54)/t27?,28-,30?,31-/m0/s1. The first-order chi connectivity index (χ1) is 27.0. The maximum absolute atomic E-state index is 14.5.